The van der Waals surface area contributed by atoms with Gasteiger partial charge in [-0.1, -0.05) is 6.92 Å². The van der Waals surface area contributed by atoms with Crippen LogP contribution in [0, 0.1) is 0 Å². The lowest BCUT2D eigenvalue weighted by atomic mass is 10.2. The second kappa shape index (κ2) is 5.56. The normalized spacial score (nSPS) is 12.0. The van der Waals surface area contributed by atoms with E-state index in [0.717, 1.165) is 6.42 Å². The topological polar surface area (TPSA) is 46.6 Å². The Morgan fingerprint density at radius 3 is 2.31 bits per heavy atom. The fourth-order valence-electron chi connectivity index (χ4n) is 0.811. The highest BCUT2D eigenvalue weighted by Gasteiger charge is 2.22. The molecule has 1 amide bonds. The number of hydrogen-bond acceptors (Lipinski definition) is 3. The van der Waals surface area contributed by atoms with Crippen molar-refractivity contribution >= 4 is 11.9 Å². The van der Waals surface area contributed by atoms with E-state index in [0.29, 0.717) is 0 Å². The summed E-state index contributed by atoms with van der Waals surface area (Å²) >= 11 is 0. The number of carbonyl (C=O) groups is 2. The maximum atomic E-state index is 11.3. The number of nitrogens with zero attached hydrogens (tertiary/aromatic N) is 1. The molecule has 1 unspecified atom stereocenters. The summed E-state index contributed by atoms with van der Waals surface area (Å²) in [7, 11) is 1.60. The Hall–Kier alpha value is -1.06. The van der Waals surface area contributed by atoms with Crippen LogP contribution in [-0.4, -0.2) is 36.5 Å². The summed E-state index contributed by atoms with van der Waals surface area (Å²) in [5, 5.41) is 0. The highest BCUT2D eigenvalue weighted by molar-refractivity contribution is 6.32. The van der Waals surface area contributed by atoms with E-state index in [9.17, 15) is 9.59 Å². The third kappa shape index (κ3) is 3.44. The van der Waals surface area contributed by atoms with Crippen molar-refractivity contribution in [2.75, 3.05) is 13.7 Å². The van der Waals surface area contributed by atoms with Crippen LogP contribution in [-0.2, 0) is 14.3 Å². The molecule has 0 aliphatic rings. The summed E-state index contributed by atoms with van der Waals surface area (Å²) in [6.07, 6.45) is 0.821. The SMILES string of the molecule is CCOC(=O)C(=O)N(C)C(C)CC. The minimum Gasteiger partial charge on any atom is -0.459 e. The number of esters is 1. The van der Waals surface area contributed by atoms with Crippen LogP contribution in [0.1, 0.15) is 27.2 Å². The molecule has 1 atom stereocenters. The maximum absolute atomic E-state index is 11.3. The smallest absolute Gasteiger partial charge is 0.397 e. The number of carbonyl (C=O) groups excluding carboxylic acids is 2. The summed E-state index contributed by atoms with van der Waals surface area (Å²) in [4.78, 5) is 23.7. The minimum atomic E-state index is -0.773. The third-order valence-corrected chi connectivity index (χ3v) is 2.02. The van der Waals surface area contributed by atoms with E-state index < -0.39 is 11.9 Å². The van der Waals surface area contributed by atoms with Crippen molar-refractivity contribution in [1.29, 1.82) is 0 Å². The molecule has 0 aromatic carbocycles. The molecule has 0 bridgehead atoms. The molecule has 4 nitrogen and oxygen atoms in total. The van der Waals surface area contributed by atoms with Crippen molar-refractivity contribution in [3.63, 3.8) is 0 Å². The van der Waals surface area contributed by atoms with Gasteiger partial charge < -0.3 is 9.64 Å². The molecule has 0 radical (unpaired) electrons. The van der Waals surface area contributed by atoms with Crippen LogP contribution in [0.5, 0.6) is 0 Å². The van der Waals surface area contributed by atoms with Crippen LogP contribution in [0.3, 0.4) is 0 Å². The van der Waals surface area contributed by atoms with Crippen LogP contribution < -0.4 is 0 Å². The van der Waals surface area contributed by atoms with Gasteiger partial charge in [-0.15, -0.1) is 0 Å². The molecule has 0 heterocycles. The van der Waals surface area contributed by atoms with Gasteiger partial charge in [0.15, 0.2) is 0 Å². The van der Waals surface area contributed by atoms with Crippen molar-refractivity contribution < 1.29 is 14.3 Å². The molecule has 4 heteroatoms. The molecule has 0 rings (SSSR count). The highest BCUT2D eigenvalue weighted by Crippen LogP contribution is 2.01. The zero-order valence-electron chi connectivity index (χ0n) is 8.66. The van der Waals surface area contributed by atoms with Crippen LogP contribution in [0.25, 0.3) is 0 Å². The quantitative estimate of drug-likeness (QED) is 0.485. The van der Waals surface area contributed by atoms with Gasteiger partial charge in [-0.05, 0) is 20.3 Å². The Morgan fingerprint density at radius 1 is 1.38 bits per heavy atom. The molecular formula is C9H17NO3. The summed E-state index contributed by atoms with van der Waals surface area (Å²) in [5.41, 5.74) is 0. The van der Waals surface area contributed by atoms with E-state index in [2.05, 4.69) is 4.74 Å². The van der Waals surface area contributed by atoms with E-state index in [1.54, 1.807) is 14.0 Å². The Bertz CT molecular complexity index is 191. The largest absolute Gasteiger partial charge is 0.459 e. The molecule has 0 N–H and O–H groups in total. The van der Waals surface area contributed by atoms with Crippen molar-refractivity contribution in [2.24, 2.45) is 0 Å². The van der Waals surface area contributed by atoms with Gasteiger partial charge in [-0.2, -0.15) is 0 Å². The maximum Gasteiger partial charge on any atom is 0.397 e. The first-order valence-corrected chi connectivity index (χ1v) is 4.48. The van der Waals surface area contributed by atoms with Gasteiger partial charge in [0.1, 0.15) is 0 Å². The fraction of sp³-hybridized carbons (Fsp3) is 0.778. The molecule has 0 spiro atoms. The molecule has 0 saturated heterocycles. The first-order chi connectivity index (χ1) is 6.04. The van der Waals surface area contributed by atoms with Gasteiger partial charge in [0.2, 0.25) is 0 Å². The lowest BCUT2D eigenvalue weighted by Gasteiger charge is -2.22. The molecule has 76 valence electrons. The predicted molar refractivity (Wildman–Crippen MR) is 49.2 cm³/mol. The second-order valence-electron chi connectivity index (χ2n) is 2.89. The average Bonchev–Trinajstić information content (AvgIpc) is 2.14. The molecule has 0 aliphatic heterocycles. The first-order valence-electron chi connectivity index (χ1n) is 4.48. The third-order valence-electron chi connectivity index (χ3n) is 2.02. The monoisotopic (exact) mass is 187 g/mol. The molecule has 0 aliphatic carbocycles. The Morgan fingerprint density at radius 2 is 1.92 bits per heavy atom. The van der Waals surface area contributed by atoms with Crippen LogP contribution in [0.15, 0.2) is 0 Å². The molecular weight excluding hydrogens is 170 g/mol. The number of hydrogen-bond donors (Lipinski definition) is 0. The van der Waals surface area contributed by atoms with Crippen LogP contribution in [0.4, 0.5) is 0 Å². The Labute approximate surface area is 78.9 Å². The molecule has 13 heavy (non-hydrogen) atoms. The first kappa shape index (κ1) is 11.9. The summed E-state index contributed by atoms with van der Waals surface area (Å²) < 4.78 is 4.59. The lowest BCUT2D eigenvalue weighted by molar-refractivity contribution is -0.160. The summed E-state index contributed by atoms with van der Waals surface area (Å²) in [6, 6.07) is 0.0666. The number of likely N-dealkylation sites (N-methyl/N-ethyl adjacent to an activating group) is 1. The van der Waals surface area contributed by atoms with E-state index in [-0.39, 0.29) is 12.6 Å². The van der Waals surface area contributed by atoms with E-state index in [1.165, 1.54) is 4.90 Å². The van der Waals surface area contributed by atoms with Crippen molar-refractivity contribution in [3.8, 4) is 0 Å². The Balaban J connectivity index is 4.17. The van der Waals surface area contributed by atoms with Gasteiger partial charge >= 0.3 is 11.9 Å². The molecule has 0 aromatic rings. The fourth-order valence-corrected chi connectivity index (χ4v) is 0.811. The van der Waals surface area contributed by atoms with Crippen molar-refractivity contribution in [1.82, 2.24) is 4.90 Å². The van der Waals surface area contributed by atoms with E-state index >= 15 is 0 Å². The second-order valence-corrected chi connectivity index (χ2v) is 2.89. The zero-order valence-corrected chi connectivity index (χ0v) is 8.66. The van der Waals surface area contributed by atoms with E-state index in [4.69, 9.17) is 0 Å². The summed E-state index contributed by atoms with van der Waals surface area (Å²) in [6.45, 7) is 5.75. The van der Waals surface area contributed by atoms with Crippen LogP contribution in [0.2, 0.25) is 0 Å². The number of ether oxygens (including phenoxy) is 1. The highest BCUT2D eigenvalue weighted by atomic mass is 16.5. The van der Waals surface area contributed by atoms with E-state index in [1.807, 2.05) is 13.8 Å². The van der Waals surface area contributed by atoms with Crippen molar-refractivity contribution in [3.05, 3.63) is 0 Å². The lowest BCUT2D eigenvalue weighted by Crippen LogP contribution is -2.40. The van der Waals surface area contributed by atoms with Gasteiger partial charge in [0.05, 0.1) is 6.61 Å². The van der Waals surface area contributed by atoms with Gasteiger partial charge in [0.25, 0.3) is 0 Å². The Kier molecular flexibility index (Phi) is 5.11. The molecule has 0 aromatic heterocycles. The van der Waals surface area contributed by atoms with Gasteiger partial charge in [0, 0.05) is 13.1 Å². The minimum absolute atomic E-state index is 0.0666. The number of amides is 1. The van der Waals surface area contributed by atoms with Gasteiger partial charge in [-0.3, -0.25) is 4.79 Å². The molecule has 0 saturated carbocycles. The summed E-state index contributed by atoms with van der Waals surface area (Å²) in [5.74, 6) is -1.35. The van der Waals surface area contributed by atoms with Crippen molar-refractivity contribution in [2.45, 2.75) is 33.2 Å². The zero-order chi connectivity index (χ0) is 10.4. The molecule has 0 fully saturated rings. The number of rotatable bonds is 3. The van der Waals surface area contributed by atoms with Crippen LogP contribution >= 0.6 is 0 Å². The average molecular weight is 187 g/mol. The predicted octanol–water partition coefficient (Wildman–Crippen LogP) is 0.806. The standard InChI is InChI=1S/C9H17NO3/c1-5-7(3)10(4)8(11)9(12)13-6-2/h7H,5-6H2,1-4H3. The van der Waals surface area contributed by atoms with Gasteiger partial charge in [-0.25, -0.2) is 4.79 Å².